The largest absolute Gasteiger partial charge is 0.378 e. The van der Waals surface area contributed by atoms with Crippen LogP contribution in [0.4, 0.5) is 10.1 Å². The fourth-order valence-electron chi connectivity index (χ4n) is 1.87. The van der Waals surface area contributed by atoms with Crippen molar-refractivity contribution in [3.8, 4) is 0 Å². The van der Waals surface area contributed by atoms with Crippen LogP contribution in [0.3, 0.4) is 0 Å². The molecule has 0 amide bonds. The van der Waals surface area contributed by atoms with E-state index in [1.165, 1.54) is 6.07 Å². The molecule has 2 N–H and O–H groups in total. The molecule has 17 heavy (non-hydrogen) atoms. The Morgan fingerprint density at radius 2 is 2.00 bits per heavy atom. The summed E-state index contributed by atoms with van der Waals surface area (Å²) in [6, 6.07) is 5.08. The summed E-state index contributed by atoms with van der Waals surface area (Å²) in [6.45, 7) is 4.66. The van der Waals surface area contributed by atoms with E-state index in [0.29, 0.717) is 18.9 Å². The van der Waals surface area contributed by atoms with Gasteiger partial charge in [-0.1, -0.05) is 6.07 Å². The van der Waals surface area contributed by atoms with Crippen LogP contribution in [-0.4, -0.2) is 26.3 Å². The second-order valence-corrected chi connectivity index (χ2v) is 4.10. The van der Waals surface area contributed by atoms with E-state index >= 15 is 0 Å². The van der Waals surface area contributed by atoms with Gasteiger partial charge in [0.15, 0.2) is 0 Å². The molecular weight excluding hydrogens is 243 g/mol. The van der Waals surface area contributed by atoms with E-state index in [1.807, 2.05) is 17.9 Å². The third kappa shape index (κ3) is 3.31. The lowest BCUT2D eigenvalue weighted by Crippen LogP contribution is -2.36. The molecule has 1 saturated heterocycles. The number of hydrogen-bond donors (Lipinski definition) is 1. The Morgan fingerprint density at radius 3 is 2.53 bits per heavy atom. The van der Waals surface area contributed by atoms with E-state index in [4.69, 9.17) is 10.5 Å². The first-order chi connectivity index (χ1) is 7.68. The average molecular weight is 261 g/mol. The van der Waals surface area contributed by atoms with Gasteiger partial charge in [-0.2, -0.15) is 0 Å². The highest BCUT2D eigenvalue weighted by Gasteiger charge is 2.15. The van der Waals surface area contributed by atoms with Crippen molar-refractivity contribution in [1.82, 2.24) is 0 Å². The summed E-state index contributed by atoms with van der Waals surface area (Å²) in [4.78, 5) is 2.00. The predicted molar refractivity (Wildman–Crippen MR) is 69.3 cm³/mol. The van der Waals surface area contributed by atoms with Crippen molar-refractivity contribution in [2.45, 2.75) is 13.0 Å². The Kier molecular flexibility index (Phi) is 5.18. The molecule has 0 aliphatic carbocycles. The quantitative estimate of drug-likeness (QED) is 0.885. The van der Waals surface area contributed by atoms with E-state index in [1.54, 1.807) is 6.07 Å². The Morgan fingerprint density at radius 1 is 1.35 bits per heavy atom. The second-order valence-electron chi connectivity index (χ2n) is 4.10. The van der Waals surface area contributed by atoms with E-state index in [-0.39, 0.29) is 24.3 Å². The molecule has 1 aromatic carbocycles. The summed E-state index contributed by atoms with van der Waals surface area (Å²) in [5, 5.41) is 0. The number of nitrogens with two attached hydrogens (primary N) is 1. The van der Waals surface area contributed by atoms with E-state index in [0.717, 1.165) is 18.7 Å². The molecule has 0 radical (unpaired) electrons. The zero-order valence-electron chi connectivity index (χ0n) is 9.86. The first-order valence-corrected chi connectivity index (χ1v) is 5.56. The molecule has 0 saturated carbocycles. The predicted octanol–water partition coefficient (Wildman–Crippen LogP) is 2.10. The molecule has 5 heteroatoms. The molecule has 0 bridgehead atoms. The van der Waals surface area contributed by atoms with Crippen molar-refractivity contribution >= 4 is 18.1 Å². The SMILES string of the molecule is CC(N)c1ccc(N2CCOCC2)c(F)c1.Cl. The average Bonchev–Trinajstić information content (AvgIpc) is 2.30. The molecule has 1 atom stereocenters. The van der Waals surface area contributed by atoms with Gasteiger partial charge >= 0.3 is 0 Å². The molecule has 1 heterocycles. The van der Waals surface area contributed by atoms with Crippen molar-refractivity contribution in [2.75, 3.05) is 31.2 Å². The number of ether oxygens (including phenoxy) is 1. The molecule has 2 rings (SSSR count). The number of rotatable bonds is 2. The van der Waals surface area contributed by atoms with Gasteiger partial charge in [0.25, 0.3) is 0 Å². The van der Waals surface area contributed by atoms with Gasteiger partial charge in [0.1, 0.15) is 5.82 Å². The molecule has 1 aliphatic rings. The van der Waals surface area contributed by atoms with Crippen LogP contribution >= 0.6 is 12.4 Å². The lowest BCUT2D eigenvalue weighted by Gasteiger charge is -2.29. The van der Waals surface area contributed by atoms with Gasteiger partial charge in [-0.3, -0.25) is 0 Å². The minimum absolute atomic E-state index is 0. The molecule has 1 unspecified atom stereocenters. The van der Waals surface area contributed by atoms with Gasteiger partial charge < -0.3 is 15.4 Å². The number of benzene rings is 1. The summed E-state index contributed by atoms with van der Waals surface area (Å²) in [5.41, 5.74) is 7.19. The molecule has 1 aromatic rings. The van der Waals surface area contributed by atoms with Gasteiger partial charge in [-0.15, -0.1) is 12.4 Å². The standard InChI is InChI=1S/C12H17FN2O.ClH/c1-9(14)10-2-3-12(11(13)8-10)15-4-6-16-7-5-15;/h2-3,8-9H,4-7,14H2,1H3;1H. The van der Waals surface area contributed by atoms with E-state index in [9.17, 15) is 4.39 Å². The van der Waals surface area contributed by atoms with Crippen molar-refractivity contribution in [3.05, 3.63) is 29.6 Å². The third-order valence-corrected chi connectivity index (χ3v) is 2.85. The maximum absolute atomic E-state index is 13.9. The lowest BCUT2D eigenvalue weighted by molar-refractivity contribution is 0.122. The Bertz CT molecular complexity index is 368. The first-order valence-electron chi connectivity index (χ1n) is 5.56. The Labute approximate surface area is 107 Å². The van der Waals surface area contributed by atoms with Crippen LogP contribution in [0, 0.1) is 5.82 Å². The zero-order chi connectivity index (χ0) is 11.5. The van der Waals surface area contributed by atoms with Crippen LogP contribution in [0.1, 0.15) is 18.5 Å². The number of anilines is 1. The van der Waals surface area contributed by atoms with Crippen LogP contribution in [0.5, 0.6) is 0 Å². The Balaban J connectivity index is 0.00000144. The highest BCUT2D eigenvalue weighted by Crippen LogP contribution is 2.23. The fraction of sp³-hybridized carbons (Fsp3) is 0.500. The summed E-state index contributed by atoms with van der Waals surface area (Å²) in [5.74, 6) is -0.197. The lowest BCUT2D eigenvalue weighted by atomic mass is 10.1. The number of morpholine rings is 1. The van der Waals surface area contributed by atoms with Gasteiger partial charge in [-0.25, -0.2) is 4.39 Å². The monoisotopic (exact) mass is 260 g/mol. The molecule has 1 aliphatic heterocycles. The molecule has 96 valence electrons. The van der Waals surface area contributed by atoms with Gasteiger partial charge in [0, 0.05) is 19.1 Å². The van der Waals surface area contributed by atoms with Crippen molar-refractivity contribution in [2.24, 2.45) is 5.73 Å². The second kappa shape index (κ2) is 6.19. The van der Waals surface area contributed by atoms with Crippen LogP contribution in [0.15, 0.2) is 18.2 Å². The molecule has 1 fully saturated rings. The number of nitrogens with zero attached hydrogens (tertiary/aromatic N) is 1. The number of hydrogen-bond acceptors (Lipinski definition) is 3. The molecular formula is C12H18ClFN2O. The number of halogens is 2. The topological polar surface area (TPSA) is 38.5 Å². The van der Waals surface area contributed by atoms with Crippen LogP contribution in [0.2, 0.25) is 0 Å². The summed E-state index contributed by atoms with van der Waals surface area (Å²) < 4.78 is 19.1. The van der Waals surface area contributed by atoms with E-state index in [2.05, 4.69) is 0 Å². The molecule has 0 spiro atoms. The molecule has 3 nitrogen and oxygen atoms in total. The maximum Gasteiger partial charge on any atom is 0.146 e. The minimum atomic E-state index is -0.197. The van der Waals surface area contributed by atoms with Crippen LogP contribution in [-0.2, 0) is 4.74 Å². The van der Waals surface area contributed by atoms with Crippen molar-refractivity contribution < 1.29 is 9.13 Å². The minimum Gasteiger partial charge on any atom is -0.378 e. The highest BCUT2D eigenvalue weighted by atomic mass is 35.5. The van der Waals surface area contributed by atoms with Gasteiger partial charge in [0.05, 0.1) is 18.9 Å². The normalized spacial score (nSPS) is 17.5. The van der Waals surface area contributed by atoms with Crippen molar-refractivity contribution in [1.29, 1.82) is 0 Å². The molecule has 0 aromatic heterocycles. The summed E-state index contributed by atoms with van der Waals surface area (Å²) in [6.07, 6.45) is 0. The first kappa shape index (κ1) is 14.2. The zero-order valence-corrected chi connectivity index (χ0v) is 10.7. The van der Waals surface area contributed by atoms with E-state index < -0.39 is 0 Å². The van der Waals surface area contributed by atoms with Gasteiger partial charge in [-0.05, 0) is 24.6 Å². The Hall–Kier alpha value is -0.840. The van der Waals surface area contributed by atoms with Crippen LogP contribution in [0.25, 0.3) is 0 Å². The van der Waals surface area contributed by atoms with Crippen molar-refractivity contribution in [3.63, 3.8) is 0 Å². The van der Waals surface area contributed by atoms with Gasteiger partial charge in [0.2, 0.25) is 0 Å². The maximum atomic E-state index is 13.9. The fourth-order valence-corrected chi connectivity index (χ4v) is 1.87. The smallest absolute Gasteiger partial charge is 0.146 e. The summed E-state index contributed by atoms with van der Waals surface area (Å²) >= 11 is 0. The summed E-state index contributed by atoms with van der Waals surface area (Å²) in [7, 11) is 0. The third-order valence-electron chi connectivity index (χ3n) is 2.85. The highest BCUT2D eigenvalue weighted by molar-refractivity contribution is 5.85. The van der Waals surface area contributed by atoms with Crippen LogP contribution < -0.4 is 10.6 Å².